The van der Waals surface area contributed by atoms with Gasteiger partial charge in [-0.05, 0) is 37.8 Å². The number of aliphatic hydroxyl groups is 1. The van der Waals surface area contributed by atoms with E-state index in [1.54, 1.807) is 20.9 Å². The van der Waals surface area contributed by atoms with E-state index in [-0.39, 0.29) is 29.9 Å². The van der Waals surface area contributed by atoms with Crippen molar-refractivity contribution in [1.82, 2.24) is 4.90 Å². The topological polar surface area (TPSA) is 40.5 Å². The third kappa shape index (κ3) is 3.15. The highest BCUT2D eigenvalue weighted by atomic mass is 19.2. The standard InChI is InChI=1S/C15H19F2NO2/c1-15(2,20)8-18(3)14(19)11-7-10(11)9-5-4-6-12(16)13(9)17/h4-6,10-11,20H,7-8H2,1-3H3. The van der Waals surface area contributed by atoms with Crippen LogP contribution in [0.25, 0.3) is 0 Å². The highest BCUT2D eigenvalue weighted by Crippen LogP contribution is 2.49. The van der Waals surface area contributed by atoms with Crippen molar-refractivity contribution in [3.05, 3.63) is 35.4 Å². The van der Waals surface area contributed by atoms with Crippen LogP contribution >= 0.6 is 0 Å². The summed E-state index contributed by atoms with van der Waals surface area (Å²) in [7, 11) is 1.61. The smallest absolute Gasteiger partial charge is 0.226 e. The maximum absolute atomic E-state index is 13.7. The van der Waals surface area contributed by atoms with Gasteiger partial charge in [0.05, 0.1) is 5.60 Å². The molecule has 2 atom stereocenters. The maximum atomic E-state index is 13.7. The minimum atomic E-state index is -0.973. The van der Waals surface area contributed by atoms with E-state index in [2.05, 4.69) is 0 Å². The highest BCUT2D eigenvalue weighted by molar-refractivity contribution is 5.82. The van der Waals surface area contributed by atoms with Crippen molar-refractivity contribution in [3.63, 3.8) is 0 Å². The maximum Gasteiger partial charge on any atom is 0.226 e. The number of benzene rings is 1. The van der Waals surface area contributed by atoms with Gasteiger partial charge in [-0.3, -0.25) is 4.79 Å². The molecule has 0 spiro atoms. The normalized spacial score (nSPS) is 21.7. The Balaban J connectivity index is 2.04. The minimum absolute atomic E-state index is 0.138. The summed E-state index contributed by atoms with van der Waals surface area (Å²) >= 11 is 0. The van der Waals surface area contributed by atoms with E-state index < -0.39 is 17.2 Å². The molecule has 3 nitrogen and oxygen atoms in total. The van der Waals surface area contributed by atoms with E-state index in [1.165, 1.54) is 17.0 Å². The predicted molar refractivity (Wildman–Crippen MR) is 71.1 cm³/mol. The van der Waals surface area contributed by atoms with Gasteiger partial charge in [-0.1, -0.05) is 12.1 Å². The van der Waals surface area contributed by atoms with Gasteiger partial charge >= 0.3 is 0 Å². The zero-order valence-electron chi connectivity index (χ0n) is 11.9. The van der Waals surface area contributed by atoms with Gasteiger partial charge in [0, 0.05) is 19.5 Å². The van der Waals surface area contributed by atoms with E-state index >= 15 is 0 Å². The SMILES string of the molecule is CN(CC(C)(C)O)C(=O)C1CC1c1cccc(F)c1F. The zero-order valence-corrected chi connectivity index (χ0v) is 11.9. The number of carbonyl (C=O) groups is 1. The van der Waals surface area contributed by atoms with Gasteiger partial charge in [0.2, 0.25) is 5.91 Å². The molecule has 0 bridgehead atoms. The van der Waals surface area contributed by atoms with E-state index in [1.807, 2.05) is 0 Å². The van der Waals surface area contributed by atoms with Gasteiger partial charge in [0.25, 0.3) is 0 Å². The first-order valence-electron chi connectivity index (χ1n) is 6.62. The molecule has 5 heteroatoms. The van der Waals surface area contributed by atoms with Crippen LogP contribution in [0.4, 0.5) is 8.78 Å². The summed E-state index contributed by atoms with van der Waals surface area (Å²) in [5.74, 6) is -2.47. The van der Waals surface area contributed by atoms with Crippen molar-refractivity contribution in [2.45, 2.75) is 31.8 Å². The second-order valence-corrected chi connectivity index (χ2v) is 6.10. The molecule has 20 heavy (non-hydrogen) atoms. The Bertz CT molecular complexity index is 525. The second-order valence-electron chi connectivity index (χ2n) is 6.10. The summed E-state index contributed by atoms with van der Waals surface area (Å²) in [4.78, 5) is 13.6. The molecule has 0 radical (unpaired) electrons. The van der Waals surface area contributed by atoms with Crippen LogP contribution in [0, 0.1) is 17.6 Å². The van der Waals surface area contributed by atoms with Crippen LogP contribution in [0.2, 0.25) is 0 Å². The molecule has 1 aromatic carbocycles. The molecule has 1 saturated carbocycles. The fourth-order valence-corrected chi connectivity index (χ4v) is 2.56. The van der Waals surface area contributed by atoms with Crippen molar-refractivity contribution < 1.29 is 18.7 Å². The number of halogens is 2. The Kier molecular flexibility index (Phi) is 3.82. The van der Waals surface area contributed by atoms with Gasteiger partial charge in [0.1, 0.15) is 0 Å². The number of rotatable bonds is 4. The number of carbonyl (C=O) groups excluding carboxylic acids is 1. The quantitative estimate of drug-likeness (QED) is 0.921. The van der Waals surface area contributed by atoms with Gasteiger partial charge < -0.3 is 10.0 Å². The molecule has 2 unspecified atom stereocenters. The summed E-state index contributed by atoms with van der Waals surface area (Å²) in [5.41, 5.74) is -0.709. The molecule has 1 N–H and O–H groups in total. The van der Waals surface area contributed by atoms with Crippen LogP contribution in [0.15, 0.2) is 18.2 Å². The molecule has 0 aromatic heterocycles. The third-order valence-corrected chi connectivity index (χ3v) is 3.49. The zero-order chi connectivity index (χ0) is 15.1. The Morgan fingerprint density at radius 1 is 1.45 bits per heavy atom. The van der Waals surface area contributed by atoms with E-state index in [9.17, 15) is 18.7 Å². The molecule has 0 saturated heterocycles. The van der Waals surface area contributed by atoms with Gasteiger partial charge in [-0.25, -0.2) is 8.78 Å². The largest absolute Gasteiger partial charge is 0.389 e. The molecule has 1 aliphatic carbocycles. The van der Waals surface area contributed by atoms with Crippen molar-refractivity contribution in [3.8, 4) is 0 Å². The van der Waals surface area contributed by atoms with E-state index in [0.29, 0.717) is 6.42 Å². The summed E-state index contributed by atoms with van der Waals surface area (Å²) in [5, 5.41) is 9.70. The molecular formula is C15H19F2NO2. The first-order valence-corrected chi connectivity index (χ1v) is 6.62. The Morgan fingerprint density at radius 2 is 2.10 bits per heavy atom. The number of hydrogen-bond acceptors (Lipinski definition) is 2. The summed E-state index contributed by atoms with van der Waals surface area (Å²) < 4.78 is 26.8. The summed E-state index contributed by atoms with van der Waals surface area (Å²) in [6.45, 7) is 3.45. The molecular weight excluding hydrogens is 264 g/mol. The average Bonchev–Trinajstić information content (AvgIpc) is 3.09. The molecule has 2 rings (SSSR count). The van der Waals surface area contributed by atoms with Crippen LogP contribution in [0.3, 0.4) is 0 Å². The van der Waals surface area contributed by atoms with Crippen molar-refractivity contribution in [1.29, 1.82) is 0 Å². The summed E-state index contributed by atoms with van der Waals surface area (Å²) in [6, 6.07) is 4.04. The Morgan fingerprint density at radius 3 is 2.70 bits per heavy atom. The van der Waals surface area contributed by atoms with Crippen LogP contribution in [-0.2, 0) is 4.79 Å². The Labute approximate surface area is 117 Å². The second kappa shape index (κ2) is 5.13. The molecule has 1 amide bonds. The third-order valence-electron chi connectivity index (χ3n) is 3.49. The number of likely N-dealkylation sites (N-methyl/N-ethyl adjacent to an activating group) is 1. The fourth-order valence-electron chi connectivity index (χ4n) is 2.56. The van der Waals surface area contributed by atoms with Gasteiger partial charge in [0.15, 0.2) is 11.6 Å². The first kappa shape index (κ1) is 14.9. The van der Waals surface area contributed by atoms with Gasteiger partial charge in [-0.15, -0.1) is 0 Å². The number of nitrogens with zero attached hydrogens (tertiary/aromatic N) is 1. The minimum Gasteiger partial charge on any atom is -0.389 e. The van der Waals surface area contributed by atoms with E-state index in [4.69, 9.17) is 0 Å². The van der Waals surface area contributed by atoms with Crippen LogP contribution < -0.4 is 0 Å². The van der Waals surface area contributed by atoms with Crippen molar-refractivity contribution in [2.24, 2.45) is 5.92 Å². The first-order chi connectivity index (χ1) is 9.20. The summed E-state index contributed by atoms with van der Waals surface area (Å²) in [6.07, 6.45) is 0.523. The average molecular weight is 283 g/mol. The molecule has 110 valence electrons. The molecule has 1 aliphatic rings. The van der Waals surface area contributed by atoms with Crippen molar-refractivity contribution >= 4 is 5.91 Å². The Hall–Kier alpha value is -1.49. The highest BCUT2D eigenvalue weighted by Gasteiger charge is 2.47. The molecule has 1 aromatic rings. The monoisotopic (exact) mass is 283 g/mol. The molecule has 1 fully saturated rings. The number of hydrogen-bond donors (Lipinski definition) is 1. The van der Waals surface area contributed by atoms with Crippen LogP contribution in [0.5, 0.6) is 0 Å². The lowest BCUT2D eigenvalue weighted by Gasteiger charge is -2.25. The fraction of sp³-hybridized carbons (Fsp3) is 0.533. The lowest BCUT2D eigenvalue weighted by atomic mass is 10.1. The van der Waals surface area contributed by atoms with Crippen molar-refractivity contribution in [2.75, 3.05) is 13.6 Å². The van der Waals surface area contributed by atoms with Crippen LogP contribution in [0.1, 0.15) is 31.7 Å². The van der Waals surface area contributed by atoms with Crippen LogP contribution in [-0.4, -0.2) is 35.1 Å². The van der Waals surface area contributed by atoms with E-state index in [0.717, 1.165) is 6.07 Å². The molecule has 0 aliphatic heterocycles. The predicted octanol–water partition coefficient (Wildman–Crippen LogP) is 2.30. The number of amides is 1. The lowest BCUT2D eigenvalue weighted by Crippen LogP contribution is -2.40. The molecule has 0 heterocycles. The lowest BCUT2D eigenvalue weighted by molar-refractivity contribution is -0.134. The van der Waals surface area contributed by atoms with Gasteiger partial charge in [-0.2, -0.15) is 0 Å².